The summed E-state index contributed by atoms with van der Waals surface area (Å²) in [6.07, 6.45) is 7.10. The maximum Gasteiger partial charge on any atom is 0.368 e. The van der Waals surface area contributed by atoms with Crippen LogP contribution in [0.4, 0.5) is 5.95 Å². The minimum absolute atomic E-state index is 0.379. The third kappa shape index (κ3) is 2.33. The fraction of sp³-hybridized carbons (Fsp3) is 0.154. The van der Waals surface area contributed by atoms with Crippen LogP contribution in [0.1, 0.15) is 0 Å². The number of hydrogen-bond acceptors (Lipinski definition) is 4. The summed E-state index contributed by atoms with van der Waals surface area (Å²) in [5.41, 5.74) is 1.38. The molecule has 0 radical (unpaired) electrons. The Hall–Kier alpha value is -2.83. The summed E-state index contributed by atoms with van der Waals surface area (Å²) in [5.74, 6) is 1.10. The molecule has 20 heavy (non-hydrogen) atoms. The van der Waals surface area contributed by atoms with E-state index in [0.29, 0.717) is 11.6 Å². The predicted molar refractivity (Wildman–Crippen MR) is 75.1 cm³/mol. The smallest absolute Gasteiger partial charge is 0.368 e. The molecule has 3 heterocycles. The summed E-state index contributed by atoms with van der Waals surface area (Å²) in [6.45, 7) is 0. The lowest BCUT2D eigenvalue weighted by molar-refractivity contribution is -0.598. The van der Waals surface area contributed by atoms with Crippen LogP contribution >= 0.6 is 0 Å². The van der Waals surface area contributed by atoms with Crippen molar-refractivity contribution in [3.8, 4) is 5.82 Å². The Balaban J connectivity index is 2.17. The zero-order valence-electron chi connectivity index (χ0n) is 11.2. The fourth-order valence-corrected chi connectivity index (χ4v) is 1.76. The largest absolute Gasteiger partial charge is 0.369 e. The van der Waals surface area contributed by atoms with Crippen LogP contribution in [0, 0.1) is 0 Å². The summed E-state index contributed by atoms with van der Waals surface area (Å²) in [6, 6.07) is 5.83. The van der Waals surface area contributed by atoms with Crippen molar-refractivity contribution >= 4 is 23.5 Å². The van der Waals surface area contributed by atoms with Crippen LogP contribution in [0.25, 0.3) is 17.0 Å². The molecule has 0 unspecified atom stereocenters. The number of imidazole rings is 1. The molecule has 0 amide bonds. The van der Waals surface area contributed by atoms with Crippen molar-refractivity contribution in [2.45, 2.75) is 0 Å². The lowest BCUT2D eigenvalue weighted by atomic mass is 10.4. The van der Waals surface area contributed by atoms with Gasteiger partial charge < -0.3 is 9.88 Å². The summed E-state index contributed by atoms with van der Waals surface area (Å²) in [7, 11) is 3.78. The van der Waals surface area contributed by atoms with Crippen LogP contribution in [-0.2, 0) is 0 Å². The molecule has 3 aromatic rings. The first-order valence-corrected chi connectivity index (χ1v) is 6.12. The van der Waals surface area contributed by atoms with E-state index in [1.165, 1.54) is 0 Å². The normalized spacial score (nSPS) is 11.3. The third-order valence-corrected chi connectivity index (χ3v) is 2.62. The number of H-pyrrole nitrogens is 1. The Morgan fingerprint density at radius 1 is 1.20 bits per heavy atom. The number of nitrogens with one attached hydrogen (secondary N) is 1. The fourth-order valence-electron chi connectivity index (χ4n) is 1.76. The van der Waals surface area contributed by atoms with Gasteiger partial charge in [-0.2, -0.15) is 9.98 Å². The molecule has 0 atom stereocenters. The zero-order valence-corrected chi connectivity index (χ0v) is 11.2. The van der Waals surface area contributed by atoms with Crippen LogP contribution in [0.5, 0.6) is 0 Å². The molecule has 1 N–H and O–H groups in total. The van der Waals surface area contributed by atoms with E-state index < -0.39 is 0 Å². The SMILES string of the molecule is CN(C)/C=N/c1nc(-[n+]2ccccc2)c2[nH]cnc2n1. The highest BCUT2D eigenvalue weighted by atomic mass is 15.2. The summed E-state index contributed by atoms with van der Waals surface area (Å²) >= 11 is 0. The summed E-state index contributed by atoms with van der Waals surface area (Å²) < 4.78 is 1.90. The van der Waals surface area contributed by atoms with Crippen molar-refractivity contribution in [3.63, 3.8) is 0 Å². The van der Waals surface area contributed by atoms with Gasteiger partial charge in [-0.25, -0.2) is 9.55 Å². The van der Waals surface area contributed by atoms with Gasteiger partial charge in [-0.1, -0.05) is 6.07 Å². The summed E-state index contributed by atoms with van der Waals surface area (Å²) in [4.78, 5) is 22.1. The van der Waals surface area contributed by atoms with Crippen molar-refractivity contribution in [1.82, 2.24) is 24.8 Å². The van der Waals surface area contributed by atoms with Crippen LogP contribution < -0.4 is 4.57 Å². The van der Waals surface area contributed by atoms with E-state index in [2.05, 4.69) is 24.9 Å². The number of rotatable bonds is 3. The first-order chi connectivity index (χ1) is 9.74. The molecule has 0 spiro atoms. The molecular weight excluding hydrogens is 254 g/mol. The number of aromatic amines is 1. The lowest BCUT2D eigenvalue weighted by Crippen LogP contribution is -2.31. The molecule has 3 rings (SSSR count). The van der Waals surface area contributed by atoms with Gasteiger partial charge in [0.05, 0.1) is 25.1 Å². The van der Waals surface area contributed by atoms with Crippen molar-refractivity contribution in [1.29, 1.82) is 0 Å². The number of aliphatic imine (C=N–C) groups is 1. The second-order valence-corrected chi connectivity index (χ2v) is 4.44. The van der Waals surface area contributed by atoms with Gasteiger partial charge in [-0.3, -0.25) is 0 Å². The second-order valence-electron chi connectivity index (χ2n) is 4.44. The molecule has 0 saturated carbocycles. The number of nitrogens with zero attached hydrogens (tertiary/aromatic N) is 6. The molecule has 100 valence electrons. The maximum atomic E-state index is 4.47. The lowest BCUT2D eigenvalue weighted by Gasteiger charge is -2.00. The Labute approximate surface area is 115 Å². The molecule has 7 nitrogen and oxygen atoms in total. The Kier molecular flexibility index (Phi) is 3.08. The first-order valence-electron chi connectivity index (χ1n) is 6.12. The minimum Gasteiger partial charge on any atom is -0.369 e. The topological polar surface area (TPSA) is 73.9 Å². The summed E-state index contributed by atoms with van der Waals surface area (Å²) in [5, 5.41) is 0. The van der Waals surface area contributed by atoms with E-state index in [-0.39, 0.29) is 0 Å². The van der Waals surface area contributed by atoms with E-state index in [9.17, 15) is 0 Å². The second kappa shape index (κ2) is 5.04. The third-order valence-electron chi connectivity index (χ3n) is 2.62. The number of hydrogen-bond donors (Lipinski definition) is 1. The molecule has 0 aliphatic heterocycles. The minimum atomic E-state index is 0.379. The van der Waals surface area contributed by atoms with Crippen LogP contribution in [0.15, 0.2) is 41.9 Å². The van der Waals surface area contributed by atoms with Crippen LogP contribution in [-0.4, -0.2) is 45.3 Å². The molecule has 0 saturated heterocycles. The number of fused-ring (bicyclic) bond motifs is 1. The van der Waals surface area contributed by atoms with Gasteiger partial charge in [-0.15, -0.1) is 0 Å². The average molecular weight is 268 g/mol. The highest BCUT2D eigenvalue weighted by Crippen LogP contribution is 2.15. The quantitative estimate of drug-likeness (QED) is 0.434. The van der Waals surface area contributed by atoms with E-state index >= 15 is 0 Å². The number of pyridine rings is 1. The van der Waals surface area contributed by atoms with Crippen molar-refractivity contribution < 1.29 is 4.57 Å². The monoisotopic (exact) mass is 268 g/mol. The van der Waals surface area contributed by atoms with Crippen molar-refractivity contribution in [2.24, 2.45) is 4.99 Å². The van der Waals surface area contributed by atoms with Gasteiger partial charge in [0, 0.05) is 19.1 Å². The molecule has 0 aromatic carbocycles. The zero-order chi connectivity index (χ0) is 13.9. The van der Waals surface area contributed by atoms with E-state index in [4.69, 9.17) is 0 Å². The van der Waals surface area contributed by atoms with Crippen molar-refractivity contribution in [3.05, 3.63) is 36.9 Å². The Bertz CT molecular complexity index is 746. The molecule has 7 heteroatoms. The highest BCUT2D eigenvalue weighted by molar-refractivity contribution is 5.77. The molecule has 0 fully saturated rings. The van der Waals surface area contributed by atoms with Gasteiger partial charge in [0.1, 0.15) is 0 Å². The molecule has 3 aromatic heterocycles. The molecule has 0 aliphatic carbocycles. The first kappa shape index (κ1) is 12.2. The predicted octanol–water partition coefficient (Wildman–Crippen LogP) is 0.851. The van der Waals surface area contributed by atoms with Crippen molar-refractivity contribution in [2.75, 3.05) is 14.1 Å². The Morgan fingerprint density at radius 2 is 2.00 bits per heavy atom. The van der Waals surface area contributed by atoms with Crippen LogP contribution in [0.2, 0.25) is 0 Å². The van der Waals surface area contributed by atoms with Crippen LogP contribution in [0.3, 0.4) is 0 Å². The molecular formula is C13H14N7+. The van der Waals surface area contributed by atoms with E-state index in [1.807, 2.05) is 54.2 Å². The Morgan fingerprint density at radius 3 is 2.75 bits per heavy atom. The highest BCUT2D eigenvalue weighted by Gasteiger charge is 2.19. The van der Waals surface area contributed by atoms with Gasteiger partial charge in [0.15, 0.2) is 11.2 Å². The van der Waals surface area contributed by atoms with Gasteiger partial charge >= 0.3 is 11.8 Å². The maximum absolute atomic E-state index is 4.47. The standard InChI is InChI=1S/C13H14N7/c1-19(2)9-16-13-17-11-10(14-8-15-11)12(18-13)20-6-4-3-5-7-20/h3-9H,1-2H3,(H,14,15,17,18)/q+1/b16-9+. The van der Waals surface area contributed by atoms with Gasteiger partial charge in [0.2, 0.25) is 0 Å². The van der Waals surface area contributed by atoms with E-state index in [1.54, 1.807) is 12.7 Å². The molecule has 0 aliphatic rings. The van der Waals surface area contributed by atoms with E-state index in [0.717, 1.165) is 11.3 Å². The number of aromatic nitrogens is 5. The molecule has 0 bridgehead atoms. The van der Waals surface area contributed by atoms with Gasteiger partial charge in [-0.05, 0) is 12.1 Å². The van der Waals surface area contributed by atoms with Gasteiger partial charge in [0.25, 0.3) is 0 Å². The average Bonchev–Trinajstić information content (AvgIpc) is 2.93.